The topological polar surface area (TPSA) is 0 Å². The fourth-order valence-corrected chi connectivity index (χ4v) is 6.11. The zero-order valence-corrected chi connectivity index (χ0v) is 21.1. The van der Waals surface area contributed by atoms with Crippen LogP contribution in [-0.2, 0) is 0 Å². The van der Waals surface area contributed by atoms with Crippen LogP contribution in [0.4, 0.5) is 0 Å². The van der Waals surface area contributed by atoms with Crippen molar-refractivity contribution < 1.29 is 0 Å². The molecule has 0 saturated carbocycles. The van der Waals surface area contributed by atoms with Crippen molar-refractivity contribution in [2.24, 2.45) is 0 Å². The summed E-state index contributed by atoms with van der Waals surface area (Å²) in [5, 5.41) is 9.97. The van der Waals surface area contributed by atoms with E-state index in [-0.39, 0.29) is 0 Å². The maximum Gasteiger partial charge on any atom is -0.00201 e. The molecule has 0 heterocycles. The second-order valence-corrected chi connectivity index (χ2v) is 9.79. The molecule has 0 aliphatic carbocycles. The van der Waals surface area contributed by atoms with Gasteiger partial charge in [-0.05, 0) is 94.7 Å². The number of rotatable bonds is 4. The molecule has 0 spiro atoms. The lowest BCUT2D eigenvalue weighted by Gasteiger charge is -2.21. The predicted octanol–water partition coefficient (Wildman–Crippen LogP) is 10.9. The maximum absolute atomic E-state index is 4.30. The van der Waals surface area contributed by atoms with Crippen LogP contribution in [0.25, 0.3) is 77.5 Å². The Bertz CT molecular complexity index is 2040. The Morgan fingerprint density at radius 2 is 0.921 bits per heavy atom. The highest BCUT2D eigenvalue weighted by molar-refractivity contribution is 6.21. The van der Waals surface area contributed by atoms with Gasteiger partial charge in [-0.15, -0.1) is 0 Å². The van der Waals surface area contributed by atoms with Gasteiger partial charge in [0.1, 0.15) is 0 Å². The number of hydrogen-bond acceptors (Lipinski definition) is 0. The summed E-state index contributed by atoms with van der Waals surface area (Å²) < 4.78 is 0. The Hall–Kier alpha value is -4.94. The first kappa shape index (κ1) is 22.3. The summed E-state index contributed by atoms with van der Waals surface area (Å²) >= 11 is 0. The van der Waals surface area contributed by atoms with E-state index in [0.29, 0.717) is 0 Å². The second kappa shape index (κ2) is 8.87. The Balaban J connectivity index is 1.68. The van der Waals surface area contributed by atoms with Crippen molar-refractivity contribution in [3.63, 3.8) is 0 Å². The van der Waals surface area contributed by atoms with Crippen molar-refractivity contribution >= 4 is 55.2 Å². The fraction of sp³-hybridized carbons (Fsp3) is 0. The van der Waals surface area contributed by atoms with E-state index in [1.807, 2.05) is 12.2 Å². The Morgan fingerprint density at radius 3 is 1.61 bits per heavy atom. The zero-order chi connectivity index (χ0) is 25.6. The molecule has 0 N–H and O–H groups in total. The highest BCUT2D eigenvalue weighted by Gasteiger charge is 2.20. The molecule has 0 unspecified atom stereocenters. The van der Waals surface area contributed by atoms with Crippen LogP contribution >= 0.6 is 0 Å². The van der Waals surface area contributed by atoms with E-state index in [4.69, 9.17) is 0 Å². The van der Waals surface area contributed by atoms with Gasteiger partial charge in [0.15, 0.2) is 0 Å². The molecule has 7 aromatic rings. The van der Waals surface area contributed by atoms with Crippen LogP contribution in [0.1, 0.15) is 11.1 Å². The number of fused-ring (bicyclic) bond motifs is 5. The minimum Gasteiger partial charge on any atom is -0.0984 e. The van der Waals surface area contributed by atoms with Crippen molar-refractivity contribution in [3.05, 3.63) is 146 Å². The van der Waals surface area contributed by atoms with E-state index in [9.17, 15) is 0 Å². The van der Waals surface area contributed by atoms with Gasteiger partial charge < -0.3 is 0 Å². The second-order valence-electron chi connectivity index (χ2n) is 9.79. The van der Waals surface area contributed by atoms with Crippen molar-refractivity contribution in [2.45, 2.75) is 0 Å². The van der Waals surface area contributed by atoms with Gasteiger partial charge in [0.2, 0.25) is 0 Å². The lowest BCUT2D eigenvalue weighted by Crippen LogP contribution is -1.97. The molecule has 178 valence electrons. The summed E-state index contributed by atoms with van der Waals surface area (Å²) in [6, 6.07) is 43.8. The third-order valence-electron chi connectivity index (χ3n) is 7.76. The average Bonchev–Trinajstić information content (AvgIpc) is 2.99. The van der Waals surface area contributed by atoms with Crippen LogP contribution in [0.5, 0.6) is 0 Å². The molecule has 7 rings (SSSR count). The first-order valence-corrected chi connectivity index (χ1v) is 13.0. The lowest BCUT2D eigenvalue weighted by atomic mass is 9.81. The minimum atomic E-state index is 1.11. The molecule has 0 amide bonds. The molecule has 0 bridgehead atoms. The van der Waals surface area contributed by atoms with Gasteiger partial charge in [0.05, 0.1) is 0 Å². The monoisotopic (exact) mass is 482 g/mol. The molecule has 38 heavy (non-hydrogen) atoms. The number of hydrogen-bond donors (Lipinski definition) is 0. The van der Waals surface area contributed by atoms with Crippen LogP contribution in [0.3, 0.4) is 0 Å². The van der Waals surface area contributed by atoms with Crippen LogP contribution in [0.2, 0.25) is 0 Å². The Labute approximate surface area is 222 Å². The van der Waals surface area contributed by atoms with E-state index in [2.05, 4.69) is 134 Å². The third-order valence-corrected chi connectivity index (χ3v) is 7.76. The Morgan fingerprint density at radius 1 is 0.395 bits per heavy atom. The molecule has 7 aromatic carbocycles. The summed E-state index contributed by atoms with van der Waals surface area (Å²) in [6.07, 6.45) is 4.00. The molecule has 0 fully saturated rings. The van der Waals surface area contributed by atoms with Crippen molar-refractivity contribution in [3.8, 4) is 22.3 Å². The minimum absolute atomic E-state index is 1.11. The molecule has 0 saturated heterocycles. The molecular weight excluding hydrogens is 456 g/mol. The van der Waals surface area contributed by atoms with Gasteiger partial charge in [-0.25, -0.2) is 0 Å². The first-order valence-electron chi connectivity index (χ1n) is 13.0. The summed E-state index contributed by atoms with van der Waals surface area (Å²) in [6.45, 7) is 8.57. The molecule has 0 heteroatoms. The van der Waals surface area contributed by atoms with Crippen molar-refractivity contribution in [1.29, 1.82) is 0 Å². The van der Waals surface area contributed by atoms with Crippen LogP contribution in [0, 0.1) is 0 Å². The van der Waals surface area contributed by atoms with Gasteiger partial charge >= 0.3 is 0 Å². The molecular formula is C38H26. The molecule has 0 radical (unpaired) electrons. The van der Waals surface area contributed by atoms with Crippen LogP contribution in [0.15, 0.2) is 134 Å². The van der Waals surface area contributed by atoms with Gasteiger partial charge in [0, 0.05) is 0 Å². The van der Waals surface area contributed by atoms with Crippen molar-refractivity contribution in [2.75, 3.05) is 0 Å². The summed E-state index contributed by atoms with van der Waals surface area (Å²) in [4.78, 5) is 0. The lowest BCUT2D eigenvalue weighted by molar-refractivity contribution is 1.60. The molecule has 0 atom stereocenters. The average molecular weight is 483 g/mol. The summed E-state index contributed by atoms with van der Waals surface area (Å²) in [5.41, 5.74) is 7.04. The third kappa shape index (κ3) is 3.31. The van der Waals surface area contributed by atoms with Crippen LogP contribution in [-0.4, -0.2) is 0 Å². The largest absolute Gasteiger partial charge is 0.0984 e. The fourth-order valence-electron chi connectivity index (χ4n) is 6.11. The normalized spacial score (nSPS) is 11.4. The zero-order valence-electron chi connectivity index (χ0n) is 21.1. The van der Waals surface area contributed by atoms with E-state index in [1.54, 1.807) is 0 Å². The standard InChI is InChI=1S/C38H26/c1-3-29-30(4-2)38(34-21-13-12-20-33(34)37(29)25-14-6-5-7-15-25)36-24-28-22-26-16-8-9-17-27(26)23-35(28)31-18-10-11-19-32(31)36/h3-24H,1-2H2. The highest BCUT2D eigenvalue weighted by Crippen LogP contribution is 2.46. The summed E-state index contributed by atoms with van der Waals surface area (Å²) in [7, 11) is 0. The van der Waals surface area contributed by atoms with Gasteiger partial charge in [-0.3, -0.25) is 0 Å². The van der Waals surface area contributed by atoms with E-state index < -0.39 is 0 Å². The SMILES string of the molecule is C=Cc1c(C=C)c(-c2cc3cc4ccccc4cc3c3ccccc23)c2ccccc2c1-c1ccccc1. The molecule has 0 aliphatic rings. The van der Waals surface area contributed by atoms with Gasteiger partial charge in [0.25, 0.3) is 0 Å². The van der Waals surface area contributed by atoms with Crippen molar-refractivity contribution in [1.82, 2.24) is 0 Å². The van der Waals surface area contributed by atoms with E-state index in [0.717, 1.165) is 11.1 Å². The number of benzene rings is 7. The van der Waals surface area contributed by atoms with E-state index >= 15 is 0 Å². The quantitative estimate of drug-likeness (QED) is 0.173. The van der Waals surface area contributed by atoms with Gasteiger partial charge in [-0.1, -0.05) is 128 Å². The Kier molecular flexibility index (Phi) is 5.20. The highest BCUT2D eigenvalue weighted by atomic mass is 14.2. The summed E-state index contributed by atoms with van der Waals surface area (Å²) in [5.74, 6) is 0. The maximum atomic E-state index is 4.30. The molecule has 0 aliphatic heterocycles. The van der Waals surface area contributed by atoms with Gasteiger partial charge in [-0.2, -0.15) is 0 Å². The predicted molar refractivity (Wildman–Crippen MR) is 168 cm³/mol. The van der Waals surface area contributed by atoms with E-state index in [1.165, 1.54) is 65.3 Å². The smallest absolute Gasteiger partial charge is 0.00201 e. The first-order chi connectivity index (χ1) is 18.8. The molecule has 0 aromatic heterocycles. The van der Waals surface area contributed by atoms with Crippen LogP contribution < -0.4 is 0 Å². The molecule has 0 nitrogen and oxygen atoms in total.